The van der Waals surface area contributed by atoms with Gasteiger partial charge >= 0.3 is 18.0 Å². The highest BCUT2D eigenvalue weighted by Gasteiger charge is 2.74. The molecule has 3 heterocycles. The molecule has 18 heteroatoms. The molecule has 0 spiro atoms. The minimum absolute atomic E-state index is 0.0155. The van der Waals surface area contributed by atoms with E-state index in [9.17, 15) is 40.3 Å². The topological polar surface area (TPSA) is 108 Å². The lowest BCUT2D eigenvalue weighted by Gasteiger charge is -2.26. The van der Waals surface area contributed by atoms with Crippen LogP contribution in [0.3, 0.4) is 0 Å². The molecule has 0 bridgehead atoms. The highest BCUT2D eigenvalue weighted by Crippen LogP contribution is 2.51. The van der Waals surface area contributed by atoms with Gasteiger partial charge in [0.05, 0.1) is 16.9 Å². The average Bonchev–Trinajstić information content (AvgIpc) is 3.59. The number of nitrogens with zero attached hydrogens (tertiary/aromatic N) is 6. The van der Waals surface area contributed by atoms with Gasteiger partial charge in [0.1, 0.15) is 12.2 Å². The summed E-state index contributed by atoms with van der Waals surface area (Å²) in [5.74, 6) is -12.8. The van der Waals surface area contributed by atoms with E-state index in [4.69, 9.17) is 23.2 Å². The van der Waals surface area contributed by atoms with Crippen molar-refractivity contribution in [2.24, 2.45) is 5.92 Å². The lowest BCUT2D eigenvalue weighted by molar-refractivity contribution is -0.360. The molecule has 1 saturated carbocycles. The van der Waals surface area contributed by atoms with Crippen LogP contribution >= 0.6 is 23.2 Å². The third kappa shape index (κ3) is 6.84. The van der Waals surface area contributed by atoms with E-state index in [0.717, 1.165) is 17.5 Å². The zero-order valence-electron chi connectivity index (χ0n) is 24.4. The Morgan fingerprint density at radius 1 is 1.06 bits per heavy atom. The Morgan fingerprint density at radius 2 is 1.77 bits per heavy atom. The molecular weight excluding hydrogens is 682 g/mol. The molecule has 3 aromatic heterocycles. The summed E-state index contributed by atoms with van der Waals surface area (Å²) in [6, 6.07) is 7.10. The number of hydrogen-bond acceptors (Lipinski definition) is 6. The second-order valence-corrected chi connectivity index (χ2v) is 11.9. The van der Waals surface area contributed by atoms with Crippen molar-refractivity contribution in [1.82, 2.24) is 35.1 Å². The fourth-order valence-corrected chi connectivity index (χ4v) is 5.34. The molecular formula is C29H24Cl2F7N7O2. The maximum Gasteiger partial charge on any atom is 0.460 e. The van der Waals surface area contributed by atoms with Crippen LogP contribution < -0.4 is 5.32 Å². The summed E-state index contributed by atoms with van der Waals surface area (Å²) in [5, 5.41) is 14.1. The van der Waals surface area contributed by atoms with Gasteiger partial charge in [-0.3, -0.25) is 9.59 Å². The number of rotatable bonds is 11. The number of Topliss-reactive ketones (excluding diaryl/α,β-unsaturated/α-hetero) is 1. The Bertz CT molecular complexity index is 1840. The number of nitrogens with one attached hydrogen (secondary N) is 1. The minimum atomic E-state index is -6.56. The lowest BCUT2D eigenvalue weighted by Crippen LogP contribution is -2.50. The maximum atomic E-state index is 14.2. The van der Waals surface area contributed by atoms with Crippen LogP contribution in [0.4, 0.5) is 30.7 Å². The number of ketones is 1. The van der Waals surface area contributed by atoms with Crippen LogP contribution in [-0.4, -0.2) is 59.6 Å². The van der Waals surface area contributed by atoms with Crippen LogP contribution in [0.1, 0.15) is 63.1 Å². The molecule has 1 aliphatic carbocycles. The molecule has 250 valence electrons. The first-order valence-corrected chi connectivity index (χ1v) is 14.7. The van der Waals surface area contributed by atoms with E-state index in [-0.39, 0.29) is 51.5 Å². The Balaban J connectivity index is 1.48. The number of pyridine rings is 1. The first-order valence-electron chi connectivity index (χ1n) is 14.0. The minimum Gasteiger partial charge on any atom is -0.349 e. The Hall–Kier alpha value is -4.05. The Morgan fingerprint density at radius 3 is 2.40 bits per heavy atom. The molecule has 1 atom stereocenters. The number of carbonyl (C=O) groups is 2. The molecule has 4 aromatic rings. The molecule has 9 nitrogen and oxygen atoms in total. The average molecular weight is 706 g/mol. The molecule has 1 fully saturated rings. The number of amides is 1. The van der Waals surface area contributed by atoms with Crippen molar-refractivity contribution in [3.8, 4) is 5.82 Å². The van der Waals surface area contributed by atoms with Crippen molar-refractivity contribution in [3.63, 3.8) is 0 Å². The summed E-state index contributed by atoms with van der Waals surface area (Å²) in [5.41, 5.74) is -1.05. The van der Waals surface area contributed by atoms with E-state index < -0.39 is 42.0 Å². The maximum absolute atomic E-state index is 14.2. The predicted molar refractivity (Wildman–Crippen MR) is 154 cm³/mol. The molecule has 1 aliphatic rings. The van der Waals surface area contributed by atoms with Gasteiger partial charge < -0.3 is 5.32 Å². The SMILES string of the molecule is Cc1cc(Cl)cc(C(=O)NC(C)C2CC2)c1CC(=O)c1cc(Cn2ncc(C(F)(F)C(F)(F)C(F)(F)F)n2)nn1-c1ncccc1Cl. The van der Waals surface area contributed by atoms with E-state index in [0.29, 0.717) is 21.8 Å². The third-order valence-corrected chi connectivity index (χ3v) is 8.12. The number of halogens is 9. The molecule has 0 aliphatic heterocycles. The van der Waals surface area contributed by atoms with Gasteiger partial charge in [-0.05, 0) is 74.1 Å². The second-order valence-electron chi connectivity index (χ2n) is 11.1. The van der Waals surface area contributed by atoms with Crippen molar-refractivity contribution in [3.05, 3.63) is 86.5 Å². The first-order chi connectivity index (χ1) is 21.9. The van der Waals surface area contributed by atoms with Crippen LogP contribution in [-0.2, 0) is 18.9 Å². The first kappa shape index (κ1) is 34.3. The zero-order chi connectivity index (χ0) is 34.5. The van der Waals surface area contributed by atoms with Crippen LogP contribution in [0.2, 0.25) is 10.0 Å². The highest BCUT2D eigenvalue weighted by atomic mass is 35.5. The van der Waals surface area contributed by atoms with Crippen LogP contribution in [0.5, 0.6) is 0 Å². The van der Waals surface area contributed by atoms with Crippen molar-refractivity contribution in [2.75, 3.05) is 0 Å². The van der Waals surface area contributed by atoms with Crippen molar-refractivity contribution in [2.45, 2.75) is 63.7 Å². The summed E-state index contributed by atoms with van der Waals surface area (Å²) < 4.78 is 94.5. The fourth-order valence-electron chi connectivity index (χ4n) is 4.86. The van der Waals surface area contributed by atoms with Gasteiger partial charge in [-0.25, -0.2) is 9.67 Å². The largest absolute Gasteiger partial charge is 0.460 e. The van der Waals surface area contributed by atoms with Crippen molar-refractivity contribution < 1.29 is 40.3 Å². The monoisotopic (exact) mass is 705 g/mol. The zero-order valence-corrected chi connectivity index (χ0v) is 25.9. The normalized spacial score (nSPS) is 14.7. The number of hydrogen-bond donors (Lipinski definition) is 1. The Labute approximate surface area is 272 Å². The van der Waals surface area contributed by atoms with Crippen LogP contribution in [0.25, 0.3) is 5.82 Å². The van der Waals surface area contributed by atoms with E-state index in [1.807, 2.05) is 6.92 Å². The van der Waals surface area contributed by atoms with Gasteiger partial charge in [0, 0.05) is 29.2 Å². The molecule has 1 aromatic carbocycles. The standard InChI is InChI=1S/C29H24Cl2F7N7O2/c1-14-8-17(30)9-20(26(47)41-15(2)16-5-6-16)19(14)11-23(46)22-10-18(42-45(22)25-21(31)4-3-7-39-25)13-44-40-12-24(43-44)27(32,33)28(34,35)29(36,37)38/h3-4,7-10,12,15-16H,5-6,11,13H2,1-2H3,(H,41,47). The molecule has 5 rings (SSSR count). The van der Waals surface area contributed by atoms with E-state index >= 15 is 0 Å². The predicted octanol–water partition coefficient (Wildman–Crippen LogP) is 6.77. The van der Waals surface area contributed by atoms with Gasteiger partial charge in [0.15, 0.2) is 17.3 Å². The van der Waals surface area contributed by atoms with E-state index in [2.05, 4.69) is 25.6 Å². The Kier molecular flexibility index (Phi) is 9.14. The van der Waals surface area contributed by atoms with Gasteiger partial charge in [-0.1, -0.05) is 23.2 Å². The molecule has 1 N–H and O–H groups in total. The summed E-state index contributed by atoms with van der Waals surface area (Å²) in [6.07, 6.45) is -3.48. The van der Waals surface area contributed by atoms with Gasteiger partial charge in [-0.15, -0.1) is 0 Å². The van der Waals surface area contributed by atoms with E-state index in [1.54, 1.807) is 13.0 Å². The third-order valence-electron chi connectivity index (χ3n) is 7.60. The second kappa shape index (κ2) is 12.5. The molecule has 0 radical (unpaired) electrons. The summed E-state index contributed by atoms with van der Waals surface area (Å²) in [4.78, 5) is 31.7. The molecule has 1 unspecified atom stereocenters. The van der Waals surface area contributed by atoms with Crippen molar-refractivity contribution in [1.29, 1.82) is 0 Å². The molecule has 1 amide bonds. The molecule has 0 saturated heterocycles. The van der Waals surface area contributed by atoms with Crippen LogP contribution in [0, 0.1) is 12.8 Å². The quantitative estimate of drug-likeness (QED) is 0.136. The van der Waals surface area contributed by atoms with Crippen LogP contribution in [0.15, 0.2) is 42.7 Å². The number of benzene rings is 1. The lowest BCUT2D eigenvalue weighted by atomic mass is 9.95. The summed E-state index contributed by atoms with van der Waals surface area (Å²) in [6.45, 7) is 2.93. The van der Waals surface area contributed by atoms with Gasteiger partial charge in [0.25, 0.3) is 5.91 Å². The van der Waals surface area contributed by atoms with E-state index in [1.165, 1.54) is 30.5 Å². The summed E-state index contributed by atoms with van der Waals surface area (Å²) >= 11 is 12.6. The number of carbonyl (C=O) groups excluding carboxylic acids is 2. The number of aryl methyl sites for hydroxylation is 1. The summed E-state index contributed by atoms with van der Waals surface area (Å²) in [7, 11) is 0. The molecule has 47 heavy (non-hydrogen) atoms. The number of aromatic nitrogens is 6. The van der Waals surface area contributed by atoms with Gasteiger partial charge in [0.2, 0.25) is 0 Å². The highest BCUT2D eigenvalue weighted by molar-refractivity contribution is 6.32. The smallest absolute Gasteiger partial charge is 0.349 e. The van der Waals surface area contributed by atoms with Gasteiger partial charge in [-0.2, -0.15) is 50.8 Å². The van der Waals surface area contributed by atoms with Crippen molar-refractivity contribution >= 4 is 34.9 Å². The number of alkyl halides is 7. The fraction of sp³-hybridized carbons (Fsp3) is 0.379.